The quantitative estimate of drug-likeness (QED) is 0.728. The number of nitrogens with zero attached hydrogens (tertiary/aromatic N) is 2. The van der Waals surface area contributed by atoms with Crippen molar-refractivity contribution in [1.82, 2.24) is 19.8 Å². The highest BCUT2D eigenvalue weighted by molar-refractivity contribution is 5.79. The monoisotopic (exact) mass is 322 g/mol. The number of amides is 2. The van der Waals surface area contributed by atoms with Gasteiger partial charge in [-0.25, -0.2) is 9.59 Å². The number of aromatic amines is 2. The van der Waals surface area contributed by atoms with Gasteiger partial charge in [-0.3, -0.25) is 14.6 Å². The van der Waals surface area contributed by atoms with Crippen molar-refractivity contribution in [2.24, 2.45) is 0 Å². The Kier molecular flexibility index (Phi) is 3.70. The molecule has 2 fully saturated rings. The lowest BCUT2D eigenvalue weighted by Crippen LogP contribution is -2.52. The molecule has 2 saturated heterocycles. The van der Waals surface area contributed by atoms with Crippen molar-refractivity contribution in [3.63, 3.8) is 0 Å². The number of carbonyl (C=O) groups is 2. The van der Waals surface area contributed by atoms with Gasteiger partial charge in [-0.05, 0) is 12.8 Å². The summed E-state index contributed by atoms with van der Waals surface area (Å²) in [5, 5.41) is 0. The van der Waals surface area contributed by atoms with Crippen LogP contribution in [-0.2, 0) is 16.0 Å². The number of likely N-dealkylation sites (tertiary alicyclic amines) is 1. The van der Waals surface area contributed by atoms with Gasteiger partial charge in [0.05, 0.1) is 19.5 Å². The van der Waals surface area contributed by atoms with Crippen molar-refractivity contribution in [2.75, 3.05) is 26.7 Å². The molecule has 1 aromatic heterocycles. The van der Waals surface area contributed by atoms with Crippen LogP contribution < -0.4 is 11.2 Å². The van der Waals surface area contributed by atoms with E-state index in [0.717, 1.165) is 6.42 Å². The van der Waals surface area contributed by atoms with E-state index >= 15 is 0 Å². The fourth-order valence-corrected chi connectivity index (χ4v) is 3.16. The van der Waals surface area contributed by atoms with E-state index in [-0.39, 0.29) is 24.0 Å². The Labute approximate surface area is 131 Å². The van der Waals surface area contributed by atoms with Crippen LogP contribution in [0.3, 0.4) is 0 Å². The topological polar surface area (TPSA) is 116 Å². The molecule has 3 rings (SSSR count). The second-order valence-corrected chi connectivity index (χ2v) is 6.10. The summed E-state index contributed by atoms with van der Waals surface area (Å²) in [7, 11) is 1.66. The lowest BCUT2D eigenvalue weighted by molar-refractivity contribution is -0.136. The van der Waals surface area contributed by atoms with Crippen molar-refractivity contribution in [3.8, 4) is 0 Å². The molecule has 2 aliphatic heterocycles. The summed E-state index contributed by atoms with van der Waals surface area (Å²) in [6, 6.07) is 0. The molecule has 0 radical (unpaired) electrons. The SMILES string of the molecule is CN1C[C@@]2(CCCN(C(=O)Cc3c[nH]c(=O)[nH]c3=O)C2)OC1=O. The van der Waals surface area contributed by atoms with Crippen LogP contribution >= 0.6 is 0 Å². The zero-order valence-electron chi connectivity index (χ0n) is 12.8. The van der Waals surface area contributed by atoms with E-state index in [2.05, 4.69) is 9.97 Å². The summed E-state index contributed by atoms with van der Waals surface area (Å²) in [5.41, 5.74) is -1.63. The molecule has 3 heterocycles. The summed E-state index contributed by atoms with van der Waals surface area (Å²) in [6.07, 6.45) is 2.21. The highest BCUT2D eigenvalue weighted by Crippen LogP contribution is 2.31. The maximum absolute atomic E-state index is 12.4. The smallest absolute Gasteiger partial charge is 0.410 e. The Balaban J connectivity index is 1.71. The second kappa shape index (κ2) is 5.56. The van der Waals surface area contributed by atoms with Crippen LogP contribution in [0.15, 0.2) is 15.8 Å². The number of carbonyl (C=O) groups excluding carboxylic acids is 2. The normalized spacial score (nSPS) is 24.1. The van der Waals surface area contributed by atoms with Gasteiger partial charge in [-0.1, -0.05) is 0 Å². The molecule has 0 bridgehead atoms. The second-order valence-electron chi connectivity index (χ2n) is 6.10. The number of rotatable bonds is 2. The van der Waals surface area contributed by atoms with Gasteiger partial charge < -0.3 is 19.5 Å². The maximum atomic E-state index is 12.4. The van der Waals surface area contributed by atoms with Crippen molar-refractivity contribution in [1.29, 1.82) is 0 Å². The van der Waals surface area contributed by atoms with Crippen LogP contribution in [0, 0.1) is 0 Å². The molecule has 9 nitrogen and oxygen atoms in total. The Bertz CT molecular complexity index is 754. The highest BCUT2D eigenvalue weighted by Gasteiger charge is 2.47. The van der Waals surface area contributed by atoms with Crippen LogP contribution in [0.4, 0.5) is 4.79 Å². The van der Waals surface area contributed by atoms with Crippen molar-refractivity contribution in [3.05, 3.63) is 32.6 Å². The van der Waals surface area contributed by atoms with Gasteiger partial charge in [-0.2, -0.15) is 0 Å². The molecule has 2 amide bonds. The molecule has 1 aromatic rings. The van der Waals surface area contributed by atoms with E-state index in [1.807, 2.05) is 0 Å². The Morgan fingerprint density at radius 3 is 2.78 bits per heavy atom. The van der Waals surface area contributed by atoms with E-state index in [0.29, 0.717) is 26.1 Å². The largest absolute Gasteiger partial charge is 0.439 e. The maximum Gasteiger partial charge on any atom is 0.410 e. The third-order valence-electron chi connectivity index (χ3n) is 4.27. The number of ether oxygens (including phenoxy) is 1. The summed E-state index contributed by atoms with van der Waals surface area (Å²) >= 11 is 0. The molecule has 0 aliphatic carbocycles. The first kappa shape index (κ1) is 15.3. The zero-order chi connectivity index (χ0) is 16.6. The van der Waals surface area contributed by atoms with Gasteiger partial charge >= 0.3 is 11.8 Å². The predicted molar refractivity (Wildman–Crippen MR) is 79.0 cm³/mol. The minimum Gasteiger partial charge on any atom is -0.439 e. The summed E-state index contributed by atoms with van der Waals surface area (Å²) in [5.74, 6) is -0.229. The van der Waals surface area contributed by atoms with Crippen molar-refractivity contribution in [2.45, 2.75) is 24.9 Å². The lowest BCUT2D eigenvalue weighted by Gasteiger charge is -2.38. The molecule has 9 heteroatoms. The minimum atomic E-state index is -0.656. The fraction of sp³-hybridized carbons (Fsp3) is 0.571. The number of likely N-dealkylation sites (N-methyl/N-ethyl adjacent to an activating group) is 1. The molecule has 0 saturated carbocycles. The number of hydrogen-bond acceptors (Lipinski definition) is 5. The molecule has 2 aliphatic rings. The molecular formula is C14H18N4O5. The molecule has 0 unspecified atom stereocenters. The van der Waals surface area contributed by atoms with Crippen LogP contribution in [0.2, 0.25) is 0 Å². The van der Waals surface area contributed by atoms with Gasteiger partial charge in [0.15, 0.2) is 0 Å². The van der Waals surface area contributed by atoms with Crippen LogP contribution in [0.5, 0.6) is 0 Å². The molecular weight excluding hydrogens is 304 g/mol. The Morgan fingerprint density at radius 1 is 1.35 bits per heavy atom. The van der Waals surface area contributed by atoms with Gasteiger partial charge in [0.25, 0.3) is 5.56 Å². The Hall–Kier alpha value is -2.58. The van der Waals surface area contributed by atoms with E-state index in [9.17, 15) is 19.2 Å². The predicted octanol–water partition coefficient (Wildman–Crippen LogP) is -0.951. The lowest BCUT2D eigenvalue weighted by atomic mass is 9.92. The number of piperidine rings is 1. The van der Waals surface area contributed by atoms with E-state index < -0.39 is 16.9 Å². The van der Waals surface area contributed by atoms with Crippen LogP contribution in [-0.4, -0.2) is 64.1 Å². The van der Waals surface area contributed by atoms with Crippen molar-refractivity contribution >= 4 is 12.0 Å². The highest BCUT2D eigenvalue weighted by atomic mass is 16.6. The summed E-state index contributed by atoms with van der Waals surface area (Å²) in [6.45, 7) is 1.33. The number of nitrogens with one attached hydrogen (secondary N) is 2. The molecule has 23 heavy (non-hydrogen) atoms. The van der Waals surface area contributed by atoms with Gasteiger partial charge in [0.2, 0.25) is 5.91 Å². The first-order valence-electron chi connectivity index (χ1n) is 7.41. The minimum absolute atomic E-state index is 0.105. The van der Waals surface area contributed by atoms with Gasteiger partial charge in [0, 0.05) is 25.4 Å². The molecule has 0 aromatic carbocycles. The summed E-state index contributed by atoms with van der Waals surface area (Å²) in [4.78, 5) is 54.3. The van der Waals surface area contributed by atoms with E-state index in [4.69, 9.17) is 4.74 Å². The van der Waals surface area contributed by atoms with E-state index in [1.165, 1.54) is 11.1 Å². The average Bonchev–Trinajstić information content (AvgIpc) is 2.76. The third kappa shape index (κ3) is 2.99. The van der Waals surface area contributed by atoms with Crippen LogP contribution in [0.25, 0.3) is 0 Å². The fourth-order valence-electron chi connectivity index (χ4n) is 3.16. The Morgan fingerprint density at radius 2 is 2.13 bits per heavy atom. The number of aromatic nitrogens is 2. The van der Waals surface area contributed by atoms with Gasteiger partial charge in [0.1, 0.15) is 5.60 Å². The van der Waals surface area contributed by atoms with Crippen LogP contribution in [0.1, 0.15) is 18.4 Å². The molecule has 1 atom stereocenters. The third-order valence-corrected chi connectivity index (χ3v) is 4.27. The molecule has 1 spiro atoms. The number of hydrogen-bond donors (Lipinski definition) is 2. The van der Waals surface area contributed by atoms with E-state index in [1.54, 1.807) is 11.9 Å². The number of H-pyrrole nitrogens is 2. The van der Waals surface area contributed by atoms with Crippen molar-refractivity contribution < 1.29 is 14.3 Å². The zero-order valence-corrected chi connectivity index (χ0v) is 12.8. The van der Waals surface area contributed by atoms with Gasteiger partial charge in [-0.15, -0.1) is 0 Å². The first-order valence-corrected chi connectivity index (χ1v) is 7.41. The standard InChI is InChI=1S/C14H18N4O5/c1-17-7-14(23-13(17)22)3-2-4-18(8-14)10(19)5-9-6-15-12(21)16-11(9)20/h6H,2-5,7-8H2,1H3,(H2,15,16,20,21)/t14-/m1/s1. The molecule has 2 N–H and O–H groups in total. The first-order chi connectivity index (χ1) is 10.9. The summed E-state index contributed by atoms with van der Waals surface area (Å²) < 4.78 is 5.45. The average molecular weight is 322 g/mol. The molecule has 124 valence electrons.